The van der Waals surface area contributed by atoms with Gasteiger partial charge < -0.3 is 15.8 Å². The lowest BCUT2D eigenvalue weighted by molar-refractivity contribution is 0.177. The van der Waals surface area contributed by atoms with Gasteiger partial charge in [-0.3, -0.25) is 4.68 Å². The third-order valence-corrected chi connectivity index (χ3v) is 5.04. The number of aliphatic hydroxyl groups excluding tert-OH is 1. The van der Waals surface area contributed by atoms with Gasteiger partial charge in [-0.1, -0.05) is 30.3 Å². The van der Waals surface area contributed by atoms with Gasteiger partial charge in [-0.05, 0) is 11.6 Å². The molecule has 1 unspecified atom stereocenters. The van der Waals surface area contributed by atoms with Crippen LogP contribution in [0.2, 0.25) is 0 Å². The second-order valence-electron chi connectivity index (χ2n) is 7.29. The Labute approximate surface area is 177 Å². The molecule has 9 nitrogen and oxygen atoms in total. The molecule has 4 aromatic heterocycles. The molecule has 0 saturated carbocycles. The van der Waals surface area contributed by atoms with Crippen molar-refractivity contribution < 1.29 is 5.11 Å². The minimum Gasteiger partial charge on any atom is -0.388 e. The highest BCUT2D eigenvalue weighted by molar-refractivity contribution is 5.90. The molecule has 0 aliphatic carbocycles. The van der Waals surface area contributed by atoms with Gasteiger partial charge in [-0.15, -0.1) is 0 Å². The van der Waals surface area contributed by atoms with Gasteiger partial charge in [0.2, 0.25) is 5.95 Å². The van der Waals surface area contributed by atoms with E-state index in [1.165, 1.54) is 0 Å². The molecular formula is C22H20N8O. The number of fused-ring (bicyclic) bond motifs is 1. The summed E-state index contributed by atoms with van der Waals surface area (Å²) in [7, 11) is 1.85. The number of nitrogens with two attached hydrogens (primary N) is 1. The van der Waals surface area contributed by atoms with Crippen molar-refractivity contribution in [2.24, 2.45) is 7.05 Å². The zero-order valence-electron chi connectivity index (χ0n) is 16.8. The van der Waals surface area contributed by atoms with Crippen molar-refractivity contribution in [1.29, 1.82) is 0 Å². The Morgan fingerprint density at radius 1 is 1.10 bits per heavy atom. The minimum absolute atomic E-state index is 0.137. The maximum atomic E-state index is 10.6. The average Bonchev–Trinajstić information content (AvgIpc) is 3.39. The molecule has 1 aromatic carbocycles. The number of H-pyrrole nitrogens is 1. The summed E-state index contributed by atoms with van der Waals surface area (Å²) >= 11 is 0. The number of hydrogen-bond donors (Lipinski definition) is 3. The number of anilines is 1. The Morgan fingerprint density at radius 3 is 2.71 bits per heavy atom. The van der Waals surface area contributed by atoms with Crippen molar-refractivity contribution in [3.63, 3.8) is 0 Å². The predicted molar refractivity (Wildman–Crippen MR) is 117 cm³/mol. The number of aromatic amines is 1. The summed E-state index contributed by atoms with van der Waals surface area (Å²) in [5.74, 6) is 0.137. The normalized spacial score (nSPS) is 12.3. The van der Waals surface area contributed by atoms with Gasteiger partial charge >= 0.3 is 0 Å². The Balaban J connectivity index is 1.52. The minimum atomic E-state index is -0.691. The molecule has 0 fully saturated rings. The van der Waals surface area contributed by atoms with Crippen molar-refractivity contribution in [2.75, 3.05) is 5.73 Å². The first kappa shape index (κ1) is 18.9. The molecule has 1 atom stereocenters. The molecule has 154 valence electrons. The number of nitrogen functional groups attached to an aromatic ring is 1. The van der Waals surface area contributed by atoms with Crippen LogP contribution >= 0.6 is 0 Å². The number of rotatable bonds is 5. The van der Waals surface area contributed by atoms with E-state index in [0.717, 1.165) is 16.7 Å². The second-order valence-corrected chi connectivity index (χ2v) is 7.29. The van der Waals surface area contributed by atoms with Crippen LogP contribution in [0.3, 0.4) is 0 Å². The van der Waals surface area contributed by atoms with Crippen LogP contribution in [0.1, 0.15) is 17.4 Å². The number of hydrogen-bond acceptors (Lipinski definition) is 7. The number of aliphatic hydroxyl groups is 1. The van der Waals surface area contributed by atoms with E-state index in [1.807, 2.05) is 49.6 Å². The van der Waals surface area contributed by atoms with Gasteiger partial charge in [0, 0.05) is 42.7 Å². The lowest BCUT2D eigenvalue weighted by Gasteiger charge is -2.11. The fourth-order valence-corrected chi connectivity index (χ4v) is 3.53. The second kappa shape index (κ2) is 7.62. The summed E-state index contributed by atoms with van der Waals surface area (Å²) in [6.45, 7) is 0. The molecule has 0 amide bonds. The molecule has 0 spiro atoms. The Kier molecular flexibility index (Phi) is 4.64. The Morgan fingerprint density at radius 2 is 1.94 bits per heavy atom. The predicted octanol–water partition coefficient (Wildman–Crippen LogP) is 2.67. The Bertz CT molecular complexity index is 1360. The fraction of sp³-hybridized carbons (Fsp3) is 0.136. The summed E-state index contributed by atoms with van der Waals surface area (Å²) in [6.07, 6.45) is 6.76. The van der Waals surface area contributed by atoms with Gasteiger partial charge in [0.15, 0.2) is 5.65 Å². The standard InChI is InChI=1S/C22H20N8O/c1-30-12-14(9-26-30)18-11-25-21-20(28-18)16(10-24-21)17-7-15(27-22(23)29-17)8-19(31)13-5-3-2-4-6-13/h2-7,9-12,19,31H,8H2,1H3,(H,24,25)(H2,23,27,29). The fourth-order valence-electron chi connectivity index (χ4n) is 3.53. The largest absolute Gasteiger partial charge is 0.388 e. The summed E-state index contributed by atoms with van der Waals surface area (Å²) in [6, 6.07) is 11.3. The van der Waals surface area contributed by atoms with Crippen LogP contribution in [0.25, 0.3) is 33.7 Å². The maximum absolute atomic E-state index is 10.6. The maximum Gasteiger partial charge on any atom is 0.220 e. The zero-order chi connectivity index (χ0) is 21.4. The molecule has 5 aromatic rings. The highest BCUT2D eigenvalue weighted by Crippen LogP contribution is 2.28. The van der Waals surface area contributed by atoms with Crippen LogP contribution in [0, 0.1) is 0 Å². The van der Waals surface area contributed by atoms with E-state index in [1.54, 1.807) is 23.3 Å². The number of aromatic nitrogens is 7. The first-order chi connectivity index (χ1) is 15.1. The van der Waals surface area contributed by atoms with Crippen LogP contribution in [0.15, 0.2) is 61.2 Å². The Hall–Kier alpha value is -4.11. The average molecular weight is 412 g/mol. The lowest BCUT2D eigenvalue weighted by atomic mass is 10.0. The molecule has 0 radical (unpaired) electrons. The lowest BCUT2D eigenvalue weighted by Crippen LogP contribution is -2.06. The van der Waals surface area contributed by atoms with Crippen LogP contribution in [-0.2, 0) is 13.5 Å². The van der Waals surface area contributed by atoms with Gasteiger partial charge in [0.1, 0.15) is 5.52 Å². The van der Waals surface area contributed by atoms with E-state index in [-0.39, 0.29) is 5.95 Å². The first-order valence-corrected chi connectivity index (χ1v) is 9.77. The van der Waals surface area contributed by atoms with Crippen molar-refractivity contribution in [3.05, 3.63) is 72.4 Å². The van der Waals surface area contributed by atoms with Crippen LogP contribution in [0.5, 0.6) is 0 Å². The molecule has 0 bridgehead atoms. The molecule has 0 aliphatic heterocycles. The summed E-state index contributed by atoms with van der Waals surface area (Å²) in [5.41, 5.74) is 11.7. The first-order valence-electron chi connectivity index (χ1n) is 9.77. The van der Waals surface area contributed by atoms with Gasteiger partial charge in [-0.2, -0.15) is 5.10 Å². The van der Waals surface area contributed by atoms with Crippen molar-refractivity contribution in [3.8, 4) is 22.5 Å². The number of aryl methyl sites for hydroxylation is 1. The van der Waals surface area contributed by atoms with Crippen LogP contribution < -0.4 is 5.73 Å². The molecule has 0 saturated heterocycles. The van der Waals surface area contributed by atoms with Crippen molar-refractivity contribution >= 4 is 17.1 Å². The van der Waals surface area contributed by atoms with Crippen LogP contribution in [0.4, 0.5) is 5.95 Å². The smallest absolute Gasteiger partial charge is 0.220 e. The third-order valence-electron chi connectivity index (χ3n) is 5.04. The van der Waals surface area contributed by atoms with E-state index >= 15 is 0 Å². The molecule has 31 heavy (non-hydrogen) atoms. The van der Waals surface area contributed by atoms with E-state index < -0.39 is 6.10 Å². The molecule has 5 rings (SSSR count). The topological polar surface area (TPSA) is 131 Å². The quantitative estimate of drug-likeness (QED) is 0.404. The van der Waals surface area contributed by atoms with Gasteiger partial charge in [0.05, 0.1) is 29.9 Å². The van der Waals surface area contributed by atoms with E-state index in [2.05, 4.69) is 25.0 Å². The van der Waals surface area contributed by atoms with E-state index in [9.17, 15) is 5.11 Å². The number of nitrogens with one attached hydrogen (secondary N) is 1. The molecule has 9 heteroatoms. The highest BCUT2D eigenvalue weighted by atomic mass is 16.3. The van der Waals surface area contributed by atoms with Gasteiger partial charge in [0.25, 0.3) is 0 Å². The van der Waals surface area contributed by atoms with Crippen LogP contribution in [-0.4, -0.2) is 39.8 Å². The summed E-state index contributed by atoms with van der Waals surface area (Å²) in [4.78, 5) is 21.1. The highest BCUT2D eigenvalue weighted by Gasteiger charge is 2.16. The van der Waals surface area contributed by atoms with Crippen molar-refractivity contribution in [1.82, 2.24) is 34.7 Å². The molecule has 4 N–H and O–H groups in total. The van der Waals surface area contributed by atoms with E-state index in [4.69, 9.17) is 10.7 Å². The molecular weight excluding hydrogens is 392 g/mol. The summed E-state index contributed by atoms with van der Waals surface area (Å²) in [5, 5.41) is 14.8. The number of benzene rings is 1. The van der Waals surface area contributed by atoms with Gasteiger partial charge in [-0.25, -0.2) is 19.9 Å². The SMILES string of the molecule is Cn1cc(-c2cnc3[nH]cc(-c4cc(CC(O)c5ccccc5)nc(N)n4)c3n2)cn1. The summed E-state index contributed by atoms with van der Waals surface area (Å²) < 4.78 is 1.72. The van der Waals surface area contributed by atoms with Crippen molar-refractivity contribution in [2.45, 2.75) is 12.5 Å². The molecule has 4 heterocycles. The van der Waals surface area contributed by atoms with E-state index in [0.29, 0.717) is 34.7 Å². The third kappa shape index (κ3) is 3.74. The number of nitrogens with zero attached hydrogens (tertiary/aromatic N) is 6. The monoisotopic (exact) mass is 412 g/mol. The zero-order valence-corrected chi connectivity index (χ0v) is 16.8. The molecule has 0 aliphatic rings.